The Labute approximate surface area is 240 Å². The molecule has 1 aliphatic carbocycles. The number of benzene rings is 4. The number of ketones is 2. The van der Waals surface area contributed by atoms with Crippen molar-refractivity contribution in [3.63, 3.8) is 0 Å². The van der Waals surface area contributed by atoms with Gasteiger partial charge in [-0.2, -0.15) is 0 Å². The number of carbonyl (C=O) groups excluding carboxylic acids is 2. The van der Waals surface area contributed by atoms with Gasteiger partial charge in [0.05, 0.1) is 11.0 Å². The van der Waals surface area contributed by atoms with Gasteiger partial charge in [0.25, 0.3) is 0 Å². The van der Waals surface area contributed by atoms with Gasteiger partial charge in [0.2, 0.25) is 11.6 Å². The summed E-state index contributed by atoms with van der Waals surface area (Å²) >= 11 is 0. The molecule has 2 aromatic heterocycles. The minimum Gasteiger partial charge on any atom is -0.350 e. The van der Waals surface area contributed by atoms with E-state index in [4.69, 9.17) is 0 Å². The minimum absolute atomic E-state index is 0.0403. The van der Waals surface area contributed by atoms with Gasteiger partial charge in [-0.15, -0.1) is 10.2 Å². The SMILES string of the molecule is Cc1cccc(NC2=C(n3nnc4ccccc43)C(=O)C(Nc3cccc(C)c3)=C(n3nnc4ccccc43)C2=O)c1. The van der Waals surface area contributed by atoms with Crippen molar-refractivity contribution in [3.05, 3.63) is 120 Å². The van der Waals surface area contributed by atoms with Gasteiger partial charge >= 0.3 is 0 Å². The average Bonchev–Trinajstić information content (AvgIpc) is 3.61. The number of anilines is 2. The van der Waals surface area contributed by atoms with Crippen molar-refractivity contribution in [2.75, 3.05) is 10.6 Å². The van der Waals surface area contributed by atoms with E-state index in [0.29, 0.717) is 33.4 Å². The summed E-state index contributed by atoms with van der Waals surface area (Å²) in [5.74, 6) is -0.923. The summed E-state index contributed by atoms with van der Waals surface area (Å²) in [4.78, 5) is 29.4. The summed E-state index contributed by atoms with van der Waals surface area (Å²) in [7, 11) is 0. The lowest BCUT2D eigenvalue weighted by molar-refractivity contribution is -0.114. The van der Waals surface area contributed by atoms with Crippen LogP contribution in [0.3, 0.4) is 0 Å². The monoisotopic (exact) mass is 552 g/mol. The Balaban J connectivity index is 1.50. The first-order chi connectivity index (χ1) is 20.5. The Morgan fingerprint density at radius 1 is 0.548 bits per heavy atom. The molecule has 0 radical (unpaired) electrons. The number of nitrogens with one attached hydrogen (secondary N) is 2. The summed E-state index contributed by atoms with van der Waals surface area (Å²) in [5, 5.41) is 23.6. The summed E-state index contributed by atoms with van der Waals surface area (Å²) in [5.41, 5.74) is 5.79. The first-order valence-electron chi connectivity index (χ1n) is 13.3. The first kappa shape index (κ1) is 25.1. The number of hydrogen-bond donors (Lipinski definition) is 2. The van der Waals surface area contributed by atoms with Crippen molar-refractivity contribution in [2.45, 2.75) is 13.8 Å². The number of carbonyl (C=O) groups is 2. The molecule has 0 aliphatic heterocycles. The van der Waals surface area contributed by atoms with Gasteiger partial charge in [-0.25, -0.2) is 9.36 Å². The molecule has 0 spiro atoms. The van der Waals surface area contributed by atoms with Crippen molar-refractivity contribution in [2.24, 2.45) is 0 Å². The molecule has 2 heterocycles. The molecule has 7 rings (SSSR count). The van der Waals surface area contributed by atoms with Gasteiger partial charge in [-0.3, -0.25) is 9.59 Å². The second kappa shape index (κ2) is 9.93. The standard InChI is InChI=1S/C32H24N8O2/c1-19-9-7-11-21(17-19)33-27-29(39-25-15-5-3-13-23(25)35-37-39)32(42)28(34-22-12-8-10-20(2)18-22)30(31(27)41)40-26-16-6-4-14-24(26)36-38-40/h3-18,33-34H,1-2H3. The maximum atomic E-state index is 14.7. The molecule has 42 heavy (non-hydrogen) atoms. The van der Waals surface area contributed by atoms with Crippen LogP contribution < -0.4 is 10.6 Å². The van der Waals surface area contributed by atoms with Crippen molar-refractivity contribution in [3.8, 4) is 0 Å². The number of allylic oxidation sites excluding steroid dienone is 2. The predicted octanol–water partition coefficient (Wildman–Crippen LogP) is 5.21. The summed E-state index contributed by atoms with van der Waals surface area (Å²) < 4.78 is 2.84. The molecule has 10 nitrogen and oxygen atoms in total. The lowest BCUT2D eigenvalue weighted by Gasteiger charge is -2.25. The molecular formula is C32H24N8O2. The summed E-state index contributed by atoms with van der Waals surface area (Å²) in [6.45, 7) is 3.91. The average molecular weight is 553 g/mol. The zero-order valence-electron chi connectivity index (χ0n) is 22.7. The first-order valence-corrected chi connectivity index (χ1v) is 13.3. The number of Topliss-reactive ketones (excluding diaryl/α,β-unsaturated/α-hetero) is 2. The molecule has 0 unspecified atom stereocenters. The fourth-order valence-electron chi connectivity index (χ4n) is 5.12. The van der Waals surface area contributed by atoms with Crippen LogP contribution in [-0.4, -0.2) is 41.6 Å². The molecule has 0 fully saturated rings. The smallest absolute Gasteiger partial charge is 0.232 e. The normalized spacial score (nSPS) is 13.9. The topological polar surface area (TPSA) is 120 Å². The van der Waals surface area contributed by atoms with Gasteiger partial charge in [0.15, 0.2) is 0 Å². The molecule has 0 bridgehead atoms. The van der Waals surface area contributed by atoms with Crippen molar-refractivity contribution in [1.82, 2.24) is 30.0 Å². The van der Waals surface area contributed by atoms with Crippen LogP contribution >= 0.6 is 0 Å². The van der Waals surface area contributed by atoms with Gasteiger partial charge in [-0.1, -0.05) is 59.0 Å². The van der Waals surface area contributed by atoms with E-state index in [2.05, 4.69) is 31.3 Å². The van der Waals surface area contributed by atoms with Crippen molar-refractivity contribution < 1.29 is 9.59 Å². The minimum atomic E-state index is -0.462. The number of aromatic nitrogens is 6. The van der Waals surface area contributed by atoms with Gasteiger partial charge in [-0.05, 0) is 73.5 Å². The highest BCUT2D eigenvalue weighted by Gasteiger charge is 2.39. The largest absolute Gasteiger partial charge is 0.350 e. The number of para-hydroxylation sites is 2. The van der Waals surface area contributed by atoms with Crippen LogP contribution in [0.15, 0.2) is 108 Å². The third-order valence-corrected chi connectivity index (χ3v) is 7.06. The van der Waals surface area contributed by atoms with Crippen LogP contribution in [0.2, 0.25) is 0 Å². The van der Waals surface area contributed by atoms with Gasteiger partial charge < -0.3 is 10.6 Å². The van der Waals surface area contributed by atoms with Crippen LogP contribution in [0.25, 0.3) is 33.5 Å². The van der Waals surface area contributed by atoms with Gasteiger partial charge in [0, 0.05) is 11.4 Å². The van der Waals surface area contributed by atoms with Gasteiger partial charge in [0.1, 0.15) is 33.8 Å². The molecule has 4 aromatic carbocycles. The number of aryl methyl sites for hydroxylation is 2. The zero-order chi connectivity index (χ0) is 28.8. The third kappa shape index (κ3) is 4.22. The predicted molar refractivity (Wildman–Crippen MR) is 161 cm³/mol. The van der Waals surface area contributed by atoms with Crippen LogP contribution in [-0.2, 0) is 9.59 Å². The molecule has 1 aliphatic rings. The zero-order valence-corrected chi connectivity index (χ0v) is 22.7. The summed E-state index contributed by atoms with van der Waals surface area (Å²) in [6.07, 6.45) is 0. The molecule has 2 N–H and O–H groups in total. The third-order valence-electron chi connectivity index (χ3n) is 7.06. The Morgan fingerprint density at radius 2 is 0.976 bits per heavy atom. The lowest BCUT2D eigenvalue weighted by Crippen LogP contribution is -2.34. The number of nitrogens with zero attached hydrogens (tertiary/aromatic N) is 6. The number of fused-ring (bicyclic) bond motifs is 2. The molecule has 0 atom stereocenters. The van der Waals surface area contributed by atoms with E-state index in [9.17, 15) is 9.59 Å². The molecule has 0 saturated heterocycles. The highest BCUT2D eigenvalue weighted by molar-refractivity contribution is 6.45. The molecule has 10 heteroatoms. The maximum Gasteiger partial charge on any atom is 0.232 e. The quantitative estimate of drug-likeness (QED) is 0.271. The van der Waals surface area contributed by atoms with Crippen LogP contribution in [0.1, 0.15) is 11.1 Å². The Bertz CT molecular complexity index is 1970. The molecule has 204 valence electrons. The van der Waals surface area contributed by atoms with Crippen LogP contribution in [0.4, 0.5) is 11.4 Å². The fraction of sp³-hybridized carbons (Fsp3) is 0.0625. The van der Waals surface area contributed by atoms with Crippen LogP contribution in [0, 0.1) is 13.8 Å². The number of hydrogen-bond acceptors (Lipinski definition) is 8. The van der Waals surface area contributed by atoms with E-state index in [1.807, 2.05) is 98.8 Å². The van der Waals surface area contributed by atoms with E-state index >= 15 is 0 Å². The van der Waals surface area contributed by atoms with Crippen molar-refractivity contribution in [1.29, 1.82) is 0 Å². The molecule has 0 saturated carbocycles. The maximum absolute atomic E-state index is 14.7. The van der Waals surface area contributed by atoms with Crippen molar-refractivity contribution >= 4 is 56.4 Å². The molecule has 0 amide bonds. The van der Waals surface area contributed by atoms with E-state index in [1.165, 1.54) is 9.36 Å². The fourth-order valence-corrected chi connectivity index (χ4v) is 5.12. The second-order valence-electron chi connectivity index (χ2n) is 10.1. The highest BCUT2D eigenvalue weighted by atomic mass is 16.1. The molecular weight excluding hydrogens is 528 g/mol. The Kier molecular flexibility index (Phi) is 5.93. The molecule has 6 aromatic rings. The highest BCUT2D eigenvalue weighted by Crippen LogP contribution is 2.34. The number of rotatable bonds is 6. The summed E-state index contributed by atoms with van der Waals surface area (Å²) in [6, 6.07) is 29.7. The second-order valence-corrected chi connectivity index (χ2v) is 10.1. The van der Waals surface area contributed by atoms with E-state index in [1.54, 1.807) is 12.1 Å². The van der Waals surface area contributed by atoms with E-state index in [0.717, 1.165) is 11.1 Å². The Hall–Kier alpha value is -5.90. The lowest BCUT2D eigenvalue weighted by atomic mass is 9.97. The van der Waals surface area contributed by atoms with E-state index in [-0.39, 0.29) is 22.8 Å². The Morgan fingerprint density at radius 3 is 1.40 bits per heavy atom. The van der Waals surface area contributed by atoms with E-state index < -0.39 is 11.6 Å². The van der Waals surface area contributed by atoms with Crippen LogP contribution in [0.5, 0.6) is 0 Å².